The minimum absolute atomic E-state index is 0.555. The molecule has 0 spiro atoms. The first-order chi connectivity index (χ1) is 11.1. The second-order valence-electron chi connectivity index (χ2n) is 5.32. The fraction of sp³-hybridized carbons (Fsp3) is 0.278. The van der Waals surface area contributed by atoms with Gasteiger partial charge in [0.15, 0.2) is 5.11 Å². The van der Waals surface area contributed by atoms with E-state index in [4.69, 9.17) is 28.6 Å². The summed E-state index contributed by atoms with van der Waals surface area (Å²) in [4.78, 5) is 0. The lowest BCUT2D eigenvalue weighted by Gasteiger charge is -2.12. The smallest absolute Gasteiger partial charge is 0.170 e. The molecule has 0 aliphatic rings. The van der Waals surface area contributed by atoms with Gasteiger partial charge in [0, 0.05) is 12.2 Å². The van der Waals surface area contributed by atoms with E-state index < -0.39 is 0 Å². The van der Waals surface area contributed by atoms with Gasteiger partial charge in [-0.25, -0.2) is 0 Å². The van der Waals surface area contributed by atoms with Crippen LogP contribution in [-0.4, -0.2) is 18.8 Å². The molecule has 23 heavy (non-hydrogen) atoms. The van der Waals surface area contributed by atoms with E-state index in [0.717, 1.165) is 25.1 Å². The van der Waals surface area contributed by atoms with Crippen molar-refractivity contribution in [2.45, 2.75) is 19.8 Å². The SMILES string of the molecule is COc1ccc(NC(=S)NCCCc2cccc(C)c2)cc1Cl. The van der Waals surface area contributed by atoms with Crippen molar-refractivity contribution >= 4 is 34.6 Å². The molecule has 0 saturated carbocycles. The predicted molar refractivity (Wildman–Crippen MR) is 102 cm³/mol. The van der Waals surface area contributed by atoms with E-state index >= 15 is 0 Å². The van der Waals surface area contributed by atoms with Crippen LogP contribution in [0.4, 0.5) is 5.69 Å². The van der Waals surface area contributed by atoms with Gasteiger partial charge >= 0.3 is 0 Å². The van der Waals surface area contributed by atoms with Gasteiger partial charge in [-0.15, -0.1) is 0 Å². The molecule has 0 amide bonds. The van der Waals surface area contributed by atoms with E-state index in [1.807, 2.05) is 12.1 Å². The Morgan fingerprint density at radius 2 is 2.04 bits per heavy atom. The molecular formula is C18H21ClN2OS. The first kappa shape index (κ1) is 17.6. The maximum atomic E-state index is 6.09. The average Bonchev–Trinajstić information content (AvgIpc) is 2.52. The van der Waals surface area contributed by atoms with Crippen LogP contribution in [0.2, 0.25) is 5.02 Å². The van der Waals surface area contributed by atoms with Gasteiger partial charge in [-0.05, 0) is 55.7 Å². The zero-order valence-electron chi connectivity index (χ0n) is 13.4. The number of benzene rings is 2. The summed E-state index contributed by atoms with van der Waals surface area (Å²) >= 11 is 11.4. The van der Waals surface area contributed by atoms with Crippen LogP contribution in [0.15, 0.2) is 42.5 Å². The lowest BCUT2D eigenvalue weighted by atomic mass is 10.1. The Hall–Kier alpha value is -1.78. The number of hydrogen-bond donors (Lipinski definition) is 2. The molecule has 2 aromatic carbocycles. The number of rotatable bonds is 6. The van der Waals surface area contributed by atoms with Crippen LogP contribution in [-0.2, 0) is 6.42 Å². The Morgan fingerprint density at radius 3 is 2.74 bits per heavy atom. The lowest BCUT2D eigenvalue weighted by Crippen LogP contribution is -2.29. The molecule has 0 bridgehead atoms. The lowest BCUT2D eigenvalue weighted by molar-refractivity contribution is 0.415. The Balaban J connectivity index is 1.74. The third-order valence-electron chi connectivity index (χ3n) is 3.42. The number of methoxy groups -OCH3 is 1. The molecule has 0 saturated heterocycles. The quantitative estimate of drug-likeness (QED) is 0.591. The molecule has 2 aromatic rings. The monoisotopic (exact) mass is 348 g/mol. The molecule has 2 rings (SSSR count). The van der Waals surface area contributed by atoms with Gasteiger partial charge < -0.3 is 15.4 Å². The number of halogens is 1. The third-order valence-corrected chi connectivity index (χ3v) is 3.96. The molecule has 0 atom stereocenters. The molecule has 0 aliphatic heterocycles. The summed E-state index contributed by atoms with van der Waals surface area (Å²) in [6.07, 6.45) is 2.06. The summed E-state index contributed by atoms with van der Waals surface area (Å²) in [6.45, 7) is 2.93. The van der Waals surface area contributed by atoms with Gasteiger partial charge in [0.05, 0.1) is 12.1 Å². The van der Waals surface area contributed by atoms with Crippen LogP contribution < -0.4 is 15.4 Å². The van der Waals surface area contributed by atoms with E-state index in [9.17, 15) is 0 Å². The van der Waals surface area contributed by atoms with Gasteiger partial charge in [0.1, 0.15) is 5.75 Å². The maximum absolute atomic E-state index is 6.09. The summed E-state index contributed by atoms with van der Waals surface area (Å²) in [5, 5.41) is 7.48. The van der Waals surface area contributed by atoms with Gasteiger partial charge in [0.25, 0.3) is 0 Å². The highest BCUT2D eigenvalue weighted by Gasteiger charge is 2.03. The molecule has 0 aliphatic carbocycles. The van der Waals surface area contributed by atoms with Crippen molar-refractivity contribution in [1.29, 1.82) is 0 Å². The van der Waals surface area contributed by atoms with Crippen molar-refractivity contribution in [1.82, 2.24) is 5.32 Å². The van der Waals surface area contributed by atoms with E-state index in [2.05, 4.69) is 41.8 Å². The minimum Gasteiger partial charge on any atom is -0.495 e. The highest BCUT2D eigenvalue weighted by Crippen LogP contribution is 2.27. The average molecular weight is 349 g/mol. The van der Waals surface area contributed by atoms with Crippen LogP contribution in [0.5, 0.6) is 5.75 Å². The summed E-state index contributed by atoms with van der Waals surface area (Å²) in [5.74, 6) is 0.647. The normalized spacial score (nSPS) is 10.2. The molecule has 2 N–H and O–H groups in total. The highest BCUT2D eigenvalue weighted by atomic mass is 35.5. The molecule has 0 unspecified atom stereocenters. The standard InChI is InChI=1S/C18H21ClN2OS/c1-13-5-3-6-14(11-13)7-4-10-20-18(23)21-15-8-9-17(22-2)16(19)12-15/h3,5-6,8-9,11-12H,4,7,10H2,1-2H3,(H2,20,21,23). The minimum atomic E-state index is 0.555. The summed E-state index contributed by atoms with van der Waals surface area (Å²) in [7, 11) is 1.59. The van der Waals surface area contributed by atoms with Crippen LogP contribution >= 0.6 is 23.8 Å². The van der Waals surface area contributed by atoms with Crippen LogP contribution in [0.1, 0.15) is 17.5 Å². The van der Waals surface area contributed by atoms with E-state index in [1.54, 1.807) is 13.2 Å². The van der Waals surface area contributed by atoms with E-state index in [0.29, 0.717) is 15.9 Å². The first-order valence-electron chi connectivity index (χ1n) is 7.52. The van der Waals surface area contributed by atoms with Crippen molar-refractivity contribution in [3.8, 4) is 5.75 Å². The molecule has 0 radical (unpaired) electrons. The molecule has 0 heterocycles. The molecule has 0 fully saturated rings. The van der Waals surface area contributed by atoms with Crippen molar-refractivity contribution in [2.24, 2.45) is 0 Å². The Labute approximate surface area is 148 Å². The first-order valence-corrected chi connectivity index (χ1v) is 8.31. The molecule has 0 aromatic heterocycles. The van der Waals surface area contributed by atoms with Crippen molar-refractivity contribution in [3.63, 3.8) is 0 Å². The number of thiocarbonyl (C=S) groups is 1. The van der Waals surface area contributed by atoms with Crippen molar-refractivity contribution in [2.75, 3.05) is 19.0 Å². The zero-order valence-corrected chi connectivity index (χ0v) is 14.9. The van der Waals surface area contributed by atoms with Gasteiger partial charge in [-0.3, -0.25) is 0 Å². The number of ether oxygens (including phenoxy) is 1. The number of nitrogens with one attached hydrogen (secondary N) is 2. The third kappa shape index (κ3) is 5.73. The Kier molecular flexibility index (Phi) is 6.68. The molecule has 3 nitrogen and oxygen atoms in total. The second kappa shape index (κ2) is 8.75. The van der Waals surface area contributed by atoms with Crippen LogP contribution in [0.3, 0.4) is 0 Å². The number of hydrogen-bond acceptors (Lipinski definition) is 2. The second-order valence-corrected chi connectivity index (χ2v) is 6.14. The van der Waals surface area contributed by atoms with Gasteiger partial charge in [-0.2, -0.15) is 0 Å². The Bertz CT molecular complexity index is 676. The fourth-order valence-electron chi connectivity index (χ4n) is 2.28. The Morgan fingerprint density at radius 1 is 1.22 bits per heavy atom. The molecule has 5 heteroatoms. The maximum Gasteiger partial charge on any atom is 0.170 e. The molecule has 122 valence electrons. The molecular weight excluding hydrogens is 328 g/mol. The summed E-state index contributed by atoms with van der Waals surface area (Å²) in [5.41, 5.74) is 3.49. The van der Waals surface area contributed by atoms with Gasteiger partial charge in [-0.1, -0.05) is 41.4 Å². The fourth-order valence-corrected chi connectivity index (χ4v) is 2.76. The topological polar surface area (TPSA) is 33.3 Å². The predicted octanol–water partition coefficient (Wildman–Crippen LogP) is 4.58. The van der Waals surface area contributed by atoms with Crippen molar-refractivity contribution < 1.29 is 4.74 Å². The van der Waals surface area contributed by atoms with Gasteiger partial charge in [0.2, 0.25) is 0 Å². The van der Waals surface area contributed by atoms with Crippen molar-refractivity contribution in [3.05, 3.63) is 58.6 Å². The number of aryl methyl sites for hydroxylation is 2. The highest BCUT2D eigenvalue weighted by molar-refractivity contribution is 7.80. The summed E-state index contributed by atoms with van der Waals surface area (Å²) < 4.78 is 5.13. The van der Waals surface area contributed by atoms with Crippen LogP contribution in [0.25, 0.3) is 0 Å². The van der Waals surface area contributed by atoms with E-state index in [-0.39, 0.29) is 0 Å². The zero-order chi connectivity index (χ0) is 16.7. The van der Waals surface area contributed by atoms with E-state index in [1.165, 1.54) is 11.1 Å². The largest absolute Gasteiger partial charge is 0.495 e. The number of anilines is 1. The summed E-state index contributed by atoms with van der Waals surface area (Å²) in [6, 6.07) is 14.1. The van der Waals surface area contributed by atoms with Crippen LogP contribution in [0, 0.1) is 6.92 Å².